The normalized spacial score (nSPS) is 35.3. The van der Waals surface area contributed by atoms with Crippen molar-refractivity contribution in [3.8, 4) is 0 Å². The van der Waals surface area contributed by atoms with Gasteiger partial charge in [0.1, 0.15) is 0 Å². The van der Waals surface area contributed by atoms with Crippen molar-refractivity contribution in [3.05, 3.63) is 12.7 Å². The zero-order valence-electron chi connectivity index (χ0n) is 7.68. The molecule has 0 aromatic carbocycles. The third-order valence-corrected chi connectivity index (χ3v) is 2.93. The molecule has 2 atom stereocenters. The van der Waals surface area contributed by atoms with Gasteiger partial charge in [0.05, 0.1) is 18.1 Å². The third-order valence-electron chi connectivity index (χ3n) is 2.44. The summed E-state index contributed by atoms with van der Waals surface area (Å²) in [5.41, 5.74) is -0.0465. The topological polar surface area (TPSA) is 9.23 Å². The summed E-state index contributed by atoms with van der Waals surface area (Å²) in [6.45, 7) is 6.78. The third kappa shape index (κ3) is 2.24. The predicted molar refractivity (Wildman–Crippen MR) is 52.6 cm³/mol. The molecular formula is C10H17ClO. The van der Waals surface area contributed by atoms with Crippen molar-refractivity contribution in [3.63, 3.8) is 0 Å². The fourth-order valence-corrected chi connectivity index (χ4v) is 2.09. The molecule has 1 aliphatic rings. The molecule has 2 heteroatoms. The van der Waals surface area contributed by atoms with Gasteiger partial charge in [-0.3, -0.25) is 0 Å². The predicted octanol–water partition coefficient (Wildman–Crippen LogP) is 2.99. The quantitative estimate of drug-likeness (QED) is 0.487. The van der Waals surface area contributed by atoms with Crippen molar-refractivity contribution in [2.75, 3.05) is 12.5 Å². The van der Waals surface area contributed by atoms with Gasteiger partial charge in [-0.25, -0.2) is 0 Å². The van der Waals surface area contributed by atoms with Crippen molar-refractivity contribution in [1.82, 2.24) is 0 Å². The summed E-state index contributed by atoms with van der Waals surface area (Å²) in [4.78, 5) is 0. The van der Waals surface area contributed by atoms with Gasteiger partial charge in [0.2, 0.25) is 0 Å². The molecule has 12 heavy (non-hydrogen) atoms. The number of allylic oxidation sites excluding steroid dienone is 1. The van der Waals surface area contributed by atoms with Crippen molar-refractivity contribution in [2.24, 2.45) is 5.92 Å². The summed E-state index contributed by atoms with van der Waals surface area (Å²) in [5.74, 6) is 1.28. The highest BCUT2D eigenvalue weighted by molar-refractivity contribution is 6.18. The number of ether oxygens (including phenoxy) is 1. The molecule has 2 unspecified atom stereocenters. The van der Waals surface area contributed by atoms with E-state index in [4.69, 9.17) is 16.3 Å². The molecule has 1 saturated heterocycles. The Hall–Kier alpha value is -0.0100. The van der Waals surface area contributed by atoms with Crippen LogP contribution in [0.25, 0.3) is 0 Å². The Labute approximate surface area is 79.7 Å². The number of alkyl halides is 1. The van der Waals surface area contributed by atoms with Crippen LogP contribution in [0.15, 0.2) is 12.7 Å². The molecule has 0 aromatic rings. The van der Waals surface area contributed by atoms with Crippen LogP contribution in [0.5, 0.6) is 0 Å². The first-order valence-corrected chi connectivity index (χ1v) is 5.07. The van der Waals surface area contributed by atoms with E-state index in [1.165, 1.54) is 0 Å². The second kappa shape index (κ2) is 4.29. The van der Waals surface area contributed by atoms with Gasteiger partial charge in [0, 0.05) is 0 Å². The minimum atomic E-state index is -0.0465. The molecule has 1 nitrogen and oxygen atoms in total. The van der Waals surface area contributed by atoms with Crippen LogP contribution in [0.3, 0.4) is 0 Å². The van der Waals surface area contributed by atoms with Gasteiger partial charge in [0.25, 0.3) is 0 Å². The van der Waals surface area contributed by atoms with Crippen molar-refractivity contribution in [1.29, 1.82) is 0 Å². The lowest BCUT2D eigenvalue weighted by Crippen LogP contribution is -2.29. The van der Waals surface area contributed by atoms with Gasteiger partial charge in [-0.15, -0.1) is 18.2 Å². The molecule has 0 N–H and O–H groups in total. The molecule has 70 valence electrons. The minimum absolute atomic E-state index is 0.0465. The molecular weight excluding hydrogens is 172 g/mol. The van der Waals surface area contributed by atoms with Crippen LogP contribution in [0.4, 0.5) is 0 Å². The van der Waals surface area contributed by atoms with Crippen molar-refractivity contribution < 1.29 is 4.74 Å². The van der Waals surface area contributed by atoms with E-state index in [0.717, 1.165) is 25.9 Å². The average Bonchev–Trinajstić information content (AvgIpc) is 2.45. The molecule has 0 amide bonds. The van der Waals surface area contributed by atoms with Gasteiger partial charge in [-0.2, -0.15) is 0 Å². The Kier molecular flexibility index (Phi) is 3.60. The number of halogens is 1. The minimum Gasteiger partial charge on any atom is -0.373 e. The zero-order valence-corrected chi connectivity index (χ0v) is 8.44. The largest absolute Gasteiger partial charge is 0.373 e. The van der Waals surface area contributed by atoms with Crippen molar-refractivity contribution in [2.45, 2.75) is 31.8 Å². The monoisotopic (exact) mass is 188 g/mol. The Bertz CT molecular complexity index is 158. The van der Waals surface area contributed by atoms with Crippen molar-refractivity contribution >= 4 is 11.6 Å². The van der Waals surface area contributed by atoms with Gasteiger partial charge < -0.3 is 4.74 Å². The second-order valence-electron chi connectivity index (χ2n) is 3.76. The van der Waals surface area contributed by atoms with E-state index >= 15 is 0 Å². The van der Waals surface area contributed by atoms with Crippen LogP contribution in [0.2, 0.25) is 0 Å². The summed E-state index contributed by atoms with van der Waals surface area (Å²) in [6.07, 6.45) is 5.05. The fourth-order valence-electron chi connectivity index (χ4n) is 1.77. The fraction of sp³-hybridized carbons (Fsp3) is 0.800. The van der Waals surface area contributed by atoms with E-state index in [9.17, 15) is 0 Å². The molecule has 0 spiro atoms. The first kappa shape index (κ1) is 10.1. The lowest BCUT2D eigenvalue weighted by molar-refractivity contribution is 0.0162. The van der Waals surface area contributed by atoms with E-state index in [1.807, 2.05) is 6.08 Å². The van der Waals surface area contributed by atoms with Crippen LogP contribution in [-0.2, 0) is 4.74 Å². The Morgan fingerprint density at radius 2 is 2.50 bits per heavy atom. The lowest BCUT2D eigenvalue weighted by atomic mass is 9.92. The van der Waals surface area contributed by atoms with E-state index in [-0.39, 0.29) is 5.60 Å². The SMILES string of the molecule is C=CCCC1(CCl)CC(C)CO1. The molecule has 0 saturated carbocycles. The summed E-state index contributed by atoms with van der Waals surface area (Å²) >= 11 is 5.91. The zero-order chi connectivity index (χ0) is 9.03. The number of rotatable bonds is 4. The molecule has 1 fully saturated rings. The number of hydrogen-bond acceptors (Lipinski definition) is 1. The van der Waals surface area contributed by atoms with Gasteiger partial charge in [-0.1, -0.05) is 13.0 Å². The van der Waals surface area contributed by atoms with Gasteiger partial charge >= 0.3 is 0 Å². The van der Waals surface area contributed by atoms with Crippen LogP contribution in [0, 0.1) is 5.92 Å². The molecule has 1 aliphatic heterocycles. The standard InChI is InChI=1S/C10H17ClO/c1-3-4-5-10(8-11)6-9(2)7-12-10/h3,9H,1,4-8H2,2H3. The highest BCUT2D eigenvalue weighted by Crippen LogP contribution is 2.34. The highest BCUT2D eigenvalue weighted by atomic mass is 35.5. The first-order valence-electron chi connectivity index (χ1n) is 4.53. The smallest absolute Gasteiger partial charge is 0.0823 e. The van der Waals surface area contributed by atoms with Crippen LogP contribution >= 0.6 is 11.6 Å². The molecule has 1 rings (SSSR count). The molecule has 0 radical (unpaired) electrons. The van der Waals surface area contributed by atoms with E-state index < -0.39 is 0 Å². The Morgan fingerprint density at radius 1 is 1.75 bits per heavy atom. The van der Waals surface area contributed by atoms with Crippen LogP contribution in [-0.4, -0.2) is 18.1 Å². The van der Waals surface area contributed by atoms with E-state index in [1.54, 1.807) is 0 Å². The number of hydrogen-bond donors (Lipinski definition) is 0. The Morgan fingerprint density at radius 3 is 2.92 bits per heavy atom. The van der Waals surface area contributed by atoms with Crippen LogP contribution in [0.1, 0.15) is 26.2 Å². The molecule has 0 aromatic heterocycles. The molecule has 1 heterocycles. The van der Waals surface area contributed by atoms with E-state index in [0.29, 0.717) is 11.8 Å². The molecule has 0 aliphatic carbocycles. The van der Waals surface area contributed by atoms with Gasteiger partial charge in [-0.05, 0) is 25.2 Å². The summed E-state index contributed by atoms with van der Waals surface area (Å²) < 4.78 is 5.72. The first-order chi connectivity index (χ1) is 5.72. The summed E-state index contributed by atoms with van der Waals surface area (Å²) in [6, 6.07) is 0. The maximum absolute atomic E-state index is 5.91. The highest BCUT2D eigenvalue weighted by Gasteiger charge is 2.36. The Balaban J connectivity index is 2.46. The van der Waals surface area contributed by atoms with E-state index in [2.05, 4.69) is 13.5 Å². The summed E-state index contributed by atoms with van der Waals surface area (Å²) in [5, 5.41) is 0. The van der Waals surface area contributed by atoms with Gasteiger partial charge in [0.15, 0.2) is 0 Å². The lowest BCUT2D eigenvalue weighted by Gasteiger charge is -2.25. The maximum Gasteiger partial charge on any atom is 0.0823 e. The summed E-state index contributed by atoms with van der Waals surface area (Å²) in [7, 11) is 0. The maximum atomic E-state index is 5.91. The molecule has 0 bridgehead atoms. The van der Waals surface area contributed by atoms with Crippen LogP contribution < -0.4 is 0 Å². The second-order valence-corrected chi connectivity index (χ2v) is 4.03. The average molecular weight is 189 g/mol.